The maximum atomic E-state index is 11.2. The smallest absolute Gasteiger partial charge is 0.150 e. The van der Waals surface area contributed by atoms with E-state index in [-0.39, 0.29) is 5.54 Å². The van der Waals surface area contributed by atoms with Crippen LogP contribution >= 0.6 is 0 Å². The van der Waals surface area contributed by atoms with Gasteiger partial charge in [0.05, 0.1) is 12.8 Å². The fraction of sp³-hybridized carbons (Fsp3) is 0.611. The van der Waals surface area contributed by atoms with Gasteiger partial charge in [-0.3, -0.25) is 4.79 Å². The zero-order chi connectivity index (χ0) is 15.8. The number of carbonyl (C=O) groups excluding carboxylic acids is 1. The topological polar surface area (TPSA) is 29.5 Å². The van der Waals surface area contributed by atoms with Gasteiger partial charge in [-0.05, 0) is 49.8 Å². The van der Waals surface area contributed by atoms with Crippen LogP contribution in [-0.4, -0.2) is 25.5 Å². The minimum absolute atomic E-state index is 0.0899. The minimum atomic E-state index is 0.0899. The molecule has 3 heteroatoms. The molecule has 1 aliphatic heterocycles. The van der Waals surface area contributed by atoms with Gasteiger partial charge in [0.2, 0.25) is 0 Å². The molecule has 1 aromatic rings. The SMILES string of the molecule is COc1cc(C=O)cc2c1N(CC(C)C)C(C)(C)CC2C. The van der Waals surface area contributed by atoms with Crippen molar-refractivity contribution in [2.24, 2.45) is 5.92 Å². The number of methoxy groups -OCH3 is 1. The average molecular weight is 289 g/mol. The van der Waals surface area contributed by atoms with Crippen LogP contribution in [0.5, 0.6) is 5.75 Å². The number of hydrogen-bond donors (Lipinski definition) is 0. The number of carbonyl (C=O) groups is 1. The molecule has 1 unspecified atom stereocenters. The molecule has 21 heavy (non-hydrogen) atoms. The second kappa shape index (κ2) is 5.70. The van der Waals surface area contributed by atoms with Crippen LogP contribution in [0.3, 0.4) is 0 Å². The summed E-state index contributed by atoms with van der Waals surface area (Å²) in [6.07, 6.45) is 1.99. The quantitative estimate of drug-likeness (QED) is 0.776. The van der Waals surface area contributed by atoms with Crippen LogP contribution in [-0.2, 0) is 0 Å². The number of aldehydes is 1. The standard InChI is InChI=1S/C18H27NO2/c1-12(2)10-19-17-15(13(3)9-18(19,4)5)7-14(11-20)8-16(17)21-6/h7-8,11-13H,9-10H2,1-6H3. The van der Waals surface area contributed by atoms with Gasteiger partial charge in [0.1, 0.15) is 12.0 Å². The van der Waals surface area contributed by atoms with Crippen molar-refractivity contribution in [2.75, 3.05) is 18.6 Å². The second-order valence-corrected chi connectivity index (χ2v) is 7.20. The summed E-state index contributed by atoms with van der Waals surface area (Å²) in [6.45, 7) is 12.3. The fourth-order valence-electron chi connectivity index (χ4n) is 3.52. The van der Waals surface area contributed by atoms with Crippen LogP contribution in [0.4, 0.5) is 5.69 Å². The van der Waals surface area contributed by atoms with Crippen molar-refractivity contribution in [3.63, 3.8) is 0 Å². The van der Waals surface area contributed by atoms with Crippen molar-refractivity contribution < 1.29 is 9.53 Å². The van der Waals surface area contributed by atoms with E-state index in [0.29, 0.717) is 17.4 Å². The predicted octanol–water partition coefficient (Wildman–Crippen LogP) is 4.26. The number of benzene rings is 1. The first-order valence-corrected chi connectivity index (χ1v) is 7.75. The summed E-state index contributed by atoms with van der Waals surface area (Å²) in [5.41, 5.74) is 3.19. The summed E-state index contributed by atoms with van der Waals surface area (Å²) >= 11 is 0. The highest BCUT2D eigenvalue weighted by molar-refractivity contribution is 5.81. The van der Waals surface area contributed by atoms with Crippen molar-refractivity contribution in [1.82, 2.24) is 0 Å². The molecule has 1 heterocycles. The molecule has 0 aliphatic carbocycles. The molecule has 0 fully saturated rings. The van der Waals surface area contributed by atoms with Gasteiger partial charge >= 0.3 is 0 Å². The van der Waals surface area contributed by atoms with Crippen molar-refractivity contribution in [2.45, 2.75) is 52.5 Å². The Morgan fingerprint density at radius 1 is 1.43 bits per heavy atom. The van der Waals surface area contributed by atoms with Crippen molar-refractivity contribution in [3.8, 4) is 5.75 Å². The van der Waals surface area contributed by atoms with Crippen LogP contribution in [0, 0.1) is 5.92 Å². The first-order chi connectivity index (χ1) is 9.80. The number of hydrogen-bond acceptors (Lipinski definition) is 3. The van der Waals surface area contributed by atoms with E-state index in [0.717, 1.165) is 25.0 Å². The lowest BCUT2D eigenvalue weighted by molar-refractivity contribution is 0.112. The summed E-state index contributed by atoms with van der Waals surface area (Å²) in [6, 6.07) is 3.88. The van der Waals surface area contributed by atoms with Crippen LogP contribution in [0.1, 0.15) is 62.9 Å². The molecule has 0 N–H and O–H groups in total. The molecule has 0 saturated carbocycles. The van der Waals surface area contributed by atoms with Crippen LogP contribution in [0.25, 0.3) is 0 Å². The normalized spacial score (nSPS) is 20.3. The zero-order valence-electron chi connectivity index (χ0n) is 14.1. The monoisotopic (exact) mass is 289 g/mol. The highest BCUT2D eigenvalue weighted by atomic mass is 16.5. The lowest BCUT2D eigenvalue weighted by Crippen LogP contribution is -2.50. The molecule has 1 atom stereocenters. The van der Waals surface area contributed by atoms with Crippen LogP contribution in [0.2, 0.25) is 0 Å². The molecule has 0 radical (unpaired) electrons. The minimum Gasteiger partial charge on any atom is -0.495 e. The average Bonchev–Trinajstić information content (AvgIpc) is 2.41. The zero-order valence-corrected chi connectivity index (χ0v) is 14.1. The van der Waals surface area contributed by atoms with Crippen molar-refractivity contribution in [1.29, 1.82) is 0 Å². The molecule has 3 nitrogen and oxygen atoms in total. The molecule has 0 amide bonds. The number of rotatable bonds is 4. The first kappa shape index (κ1) is 15.9. The molecule has 116 valence electrons. The predicted molar refractivity (Wildman–Crippen MR) is 87.7 cm³/mol. The van der Waals surface area contributed by atoms with Gasteiger partial charge in [-0.2, -0.15) is 0 Å². The largest absolute Gasteiger partial charge is 0.495 e. The Hall–Kier alpha value is -1.51. The van der Waals surface area contributed by atoms with E-state index in [1.807, 2.05) is 12.1 Å². The van der Waals surface area contributed by atoms with Crippen molar-refractivity contribution >= 4 is 12.0 Å². The number of ether oxygens (including phenoxy) is 1. The summed E-state index contributed by atoms with van der Waals surface area (Å²) in [5, 5.41) is 0. The summed E-state index contributed by atoms with van der Waals surface area (Å²) in [7, 11) is 1.68. The van der Waals surface area contributed by atoms with E-state index in [4.69, 9.17) is 4.74 Å². The second-order valence-electron chi connectivity index (χ2n) is 7.20. The van der Waals surface area contributed by atoms with Crippen molar-refractivity contribution in [3.05, 3.63) is 23.3 Å². The number of nitrogens with zero attached hydrogens (tertiary/aromatic N) is 1. The molecule has 0 aromatic heterocycles. The number of fused-ring (bicyclic) bond motifs is 1. The van der Waals surface area contributed by atoms with Crippen LogP contribution < -0.4 is 9.64 Å². The van der Waals surface area contributed by atoms with Gasteiger partial charge in [0, 0.05) is 17.6 Å². The van der Waals surface area contributed by atoms with E-state index in [2.05, 4.69) is 39.5 Å². The Balaban J connectivity index is 2.65. The van der Waals surface area contributed by atoms with E-state index in [1.165, 1.54) is 11.3 Å². The maximum absolute atomic E-state index is 11.2. The number of anilines is 1. The van der Waals surface area contributed by atoms with Gasteiger partial charge in [0.15, 0.2) is 0 Å². The molecule has 0 bridgehead atoms. The molecule has 0 saturated heterocycles. The third kappa shape index (κ3) is 2.92. The summed E-state index contributed by atoms with van der Waals surface area (Å²) in [4.78, 5) is 13.6. The Kier molecular flexibility index (Phi) is 4.31. The van der Waals surface area contributed by atoms with E-state index in [1.54, 1.807) is 7.11 Å². The summed E-state index contributed by atoms with van der Waals surface area (Å²) < 4.78 is 5.61. The highest BCUT2D eigenvalue weighted by Gasteiger charge is 2.38. The Morgan fingerprint density at radius 3 is 2.62 bits per heavy atom. The molecule has 1 aliphatic rings. The van der Waals surface area contributed by atoms with E-state index < -0.39 is 0 Å². The molecule has 1 aromatic carbocycles. The Morgan fingerprint density at radius 2 is 2.10 bits per heavy atom. The highest BCUT2D eigenvalue weighted by Crippen LogP contribution is 2.48. The molecule has 0 spiro atoms. The third-order valence-corrected chi connectivity index (χ3v) is 4.37. The summed E-state index contributed by atoms with van der Waals surface area (Å²) in [5.74, 6) is 1.81. The maximum Gasteiger partial charge on any atom is 0.150 e. The van der Waals surface area contributed by atoms with Gasteiger partial charge < -0.3 is 9.64 Å². The van der Waals surface area contributed by atoms with Gasteiger partial charge in [-0.15, -0.1) is 0 Å². The van der Waals surface area contributed by atoms with Crippen LogP contribution in [0.15, 0.2) is 12.1 Å². The van der Waals surface area contributed by atoms with E-state index >= 15 is 0 Å². The molecule has 2 rings (SSSR count). The Bertz CT molecular complexity index is 534. The van der Waals surface area contributed by atoms with Gasteiger partial charge in [0.25, 0.3) is 0 Å². The van der Waals surface area contributed by atoms with Gasteiger partial charge in [-0.25, -0.2) is 0 Å². The third-order valence-electron chi connectivity index (χ3n) is 4.37. The lowest BCUT2D eigenvalue weighted by atomic mass is 9.79. The molecular formula is C18H27NO2. The van der Waals surface area contributed by atoms with E-state index in [9.17, 15) is 4.79 Å². The molecular weight excluding hydrogens is 262 g/mol. The fourth-order valence-corrected chi connectivity index (χ4v) is 3.52. The van der Waals surface area contributed by atoms with Gasteiger partial charge in [-0.1, -0.05) is 20.8 Å². The lowest BCUT2D eigenvalue weighted by Gasteiger charge is -2.48. The Labute approximate surface area is 128 Å². The first-order valence-electron chi connectivity index (χ1n) is 7.75.